The number of nitrogens with one attached hydrogen (secondary N) is 1. The summed E-state index contributed by atoms with van der Waals surface area (Å²) in [5.41, 5.74) is 3.74. The Balaban J connectivity index is 1.63. The van der Waals surface area contributed by atoms with Crippen LogP contribution in [0.25, 0.3) is 11.1 Å². The van der Waals surface area contributed by atoms with Crippen LogP contribution in [0.15, 0.2) is 66.7 Å². The number of halogens is 1. The SMILES string of the molecule is COC(=O)CC(NC(=O)c1ccc2c(c1)C(=O)c1ccccc1-2)c1ccccc1Cl. The zero-order chi connectivity index (χ0) is 21.3. The second-order valence-corrected chi connectivity index (χ2v) is 7.37. The summed E-state index contributed by atoms with van der Waals surface area (Å²) >= 11 is 6.27. The van der Waals surface area contributed by atoms with Gasteiger partial charge in [-0.2, -0.15) is 0 Å². The van der Waals surface area contributed by atoms with Crippen molar-refractivity contribution in [2.75, 3.05) is 7.11 Å². The molecule has 0 radical (unpaired) electrons. The summed E-state index contributed by atoms with van der Waals surface area (Å²) in [5, 5.41) is 3.28. The van der Waals surface area contributed by atoms with Crippen LogP contribution < -0.4 is 5.32 Å². The molecular formula is C24H18ClNO4. The van der Waals surface area contributed by atoms with Gasteiger partial charge >= 0.3 is 5.97 Å². The van der Waals surface area contributed by atoms with E-state index in [1.54, 1.807) is 48.5 Å². The summed E-state index contributed by atoms with van der Waals surface area (Å²) in [4.78, 5) is 37.6. The molecule has 0 spiro atoms. The largest absolute Gasteiger partial charge is 0.469 e. The third-order valence-corrected chi connectivity index (χ3v) is 5.52. The number of ketones is 1. The number of carbonyl (C=O) groups is 3. The summed E-state index contributed by atoms with van der Waals surface area (Å²) in [6.07, 6.45) is -0.0682. The fraction of sp³-hybridized carbons (Fsp3) is 0.125. The van der Waals surface area contributed by atoms with Gasteiger partial charge < -0.3 is 10.1 Å². The van der Waals surface area contributed by atoms with Crippen LogP contribution in [-0.2, 0) is 9.53 Å². The highest BCUT2D eigenvalue weighted by Crippen LogP contribution is 2.36. The minimum Gasteiger partial charge on any atom is -0.469 e. The van der Waals surface area contributed by atoms with E-state index in [4.69, 9.17) is 16.3 Å². The molecule has 150 valence electrons. The summed E-state index contributed by atoms with van der Waals surface area (Å²) in [7, 11) is 1.29. The van der Waals surface area contributed by atoms with Crippen LogP contribution in [0.1, 0.15) is 44.3 Å². The Morgan fingerprint density at radius 1 is 0.933 bits per heavy atom. The zero-order valence-corrected chi connectivity index (χ0v) is 16.9. The average molecular weight is 420 g/mol. The number of esters is 1. The first kappa shape index (κ1) is 19.9. The van der Waals surface area contributed by atoms with Gasteiger partial charge in [0.25, 0.3) is 5.91 Å². The van der Waals surface area contributed by atoms with E-state index < -0.39 is 17.9 Å². The van der Waals surface area contributed by atoms with Crippen molar-refractivity contribution < 1.29 is 19.1 Å². The van der Waals surface area contributed by atoms with Crippen molar-refractivity contribution in [2.45, 2.75) is 12.5 Å². The first-order chi connectivity index (χ1) is 14.5. The molecular weight excluding hydrogens is 402 g/mol. The molecule has 3 aromatic carbocycles. The molecule has 1 N–H and O–H groups in total. The molecule has 0 bridgehead atoms. The second kappa shape index (κ2) is 8.13. The van der Waals surface area contributed by atoms with E-state index in [1.807, 2.05) is 18.2 Å². The van der Waals surface area contributed by atoms with Crippen LogP contribution in [0.2, 0.25) is 5.02 Å². The lowest BCUT2D eigenvalue weighted by molar-refractivity contribution is -0.141. The molecule has 3 aromatic rings. The normalized spacial score (nSPS) is 12.7. The molecule has 1 atom stereocenters. The number of methoxy groups -OCH3 is 1. The highest BCUT2D eigenvalue weighted by molar-refractivity contribution is 6.31. The Kier molecular flexibility index (Phi) is 5.38. The molecule has 4 rings (SSSR count). The fourth-order valence-electron chi connectivity index (χ4n) is 3.66. The number of hydrogen-bond donors (Lipinski definition) is 1. The molecule has 1 amide bonds. The Labute approximate surface area is 178 Å². The van der Waals surface area contributed by atoms with Crippen molar-refractivity contribution in [3.63, 3.8) is 0 Å². The van der Waals surface area contributed by atoms with Crippen LogP contribution in [0, 0.1) is 0 Å². The van der Waals surface area contributed by atoms with Crippen LogP contribution >= 0.6 is 11.6 Å². The zero-order valence-electron chi connectivity index (χ0n) is 16.1. The lowest BCUT2D eigenvalue weighted by atomic mass is 10.0. The predicted molar refractivity (Wildman–Crippen MR) is 114 cm³/mol. The van der Waals surface area contributed by atoms with Gasteiger partial charge in [-0.25, -0.2) is 0 Å². The maximum absolute atomic E-state index is 13.0. The van der Waals surface area contributed by atoms with Gasteiger partial charge in [0, 0.05) is 21.7 Å². The Hall–Kier alpha value is -3.44. The predicted octanol–water partition coefficient (Wildman–Crippen LogP) is 4.59. The van der Waals surface area contributed by atoms with E-state index in [0.29, 0.717) is 27.3 Å². The molecule has 1 unspecified atom stereocenters. The Morgan fingerprint density at radius 3 is 2.33 bits per heavy atom. The molecule has 5 nitrogen and oxygen atoms in total. The van der Waals surface area contributed by atoms with Crippen molar-refractivity contribution in [2.24, 2.45) is 0 Å². The van der Waals surface area contributed by atoms with Gasteiger partial charge in [-0.15, -0.1) is 0 Å². The quantitative estimate of drug-likeness (QED) is 0.480. The molecule has 1 aliphatic carbocycles. The number of carbonyl (C=O) groups excluding carboxylic acids is 3. The standard InChI is InChI=1S/C24H18ClNO4/c1-30-22(27)13-21(18-8-4-5-9-20(18)25)26-24(29)14-10-11-16-15-6-2-3-7-17(15)23(28)19(16)12-14/h2-12,21H,13H2,1H3,(H,26,29). The van der Waals surface area contributed by atoms with E-state index in [0.717, 1.165) is 11.1 Å². The molecule has 0 fully saturated rings. The fourth-order valence-corrected chi connectivity index (χ4v) is 3.92. The highest BCUT2D eigenvalue weighted by Gasteiger charge is 2.28. The van der Waals surface area contributed by atoms with Crippen LogP contribution in [0.5, 0.6) is 0 Å². The lowest BCUT2D eigenvalue weighted by Crippen LogP contribution is -2.30. The first-order valence-corrected chi connectivity index (χ1v) is 9.77. The minimum absolute atomic E-state index is 0.0682. The molecule has 0 saturated heterocycles. The van der Waals surface area contributed by atoms with E-state index in [-0.39, 0.29) is 12.2 Å². The molecule has 0 aliphatic heterocycles. The molecule has 0 heterocycles. The highest BCUT2D eigenvalue weighted by atomic mass is 35.5. The van der Waals surface area contributed by atoms with E-state index in [1.165, 1.54) is 7.11 Å². The van der Waals surface area contributed by atoms with E-state index in [2.05, 4.69) is 5.32 Å². The van der Waals surface area contributed by atoms with Gasteiger partial charge in [-0.1, -0.05) is 60.1 Å². The van der Waals surface area contributed by atoms with Crippen LogP contribution in [0.4, 0.5) is 0 Å². The molecule has 0 aromatic heterocycles. The summed E-state index contributed by atoms with van der Waals surface area (Å²) in [6, 6.07) is 18.7. The van der Waals surface area contributed by atoms with E-state index in [9.17, 15) is 14.4 Å². The number of amides is 1. The summed E-state index contributed by atoms with van der Waals surface area (Å²) < 4.78 is 4.76. The van der Waals surface area contributed by atoms with Gasteiger partial charge in [-0.05, 0) is 34.9 Å². The van der Waals surface area contributed by atoms with Crippen LogP contribution in [0.3, 0.4) is 0 Å². The van der Waals surface area contributed by atoms with Crippen LogP contribution in [-0.4, -0.2) is 24.8 Å². The second-order valence-electron chi connectivity index (χ2n) is 6.96. The number of ether oxygens (including phenoxy) is 1. The van der Waals surface area contributed by atoms with Gasteiger partial charge in [0.05, 0.1) is 19.6 Å². The Bertz CT molecular complexity index is 1170. The van der Waals surface area contributed by atoms with Crippen molar-refractivity contribution >= 4 is 29.3 Å². The number of rotatable bonds is 5. The molecule has 30 heavy (non-hydrogen) atoms. The third kappa shape index (κ3) is 3.60. The molecule has 6 heteroatoms. The smallest absolute Gasteiger partial charge is 0.307 e. The van der Waals surface area contributed by atoms with Gasteiger partial charge in [0.2, 0.25) is 0 Å². The third-order valence-electron chi connectivity index (χ3n) is 5.17. The summed E-state index contributed by atoms with van der Waals surface area (Å²) in [6.45, 7) is 0. The number of hydrogen-bond acceptors (Lipinski definition) is 4. The number of benzene rings is 3. The van der Waals surface area contributed by atoms with Gasteiger partial charge in [0.15, 0.2) is 5.78 Å². The van der Waals surface area contributed by atoms with Gasteiger partial charge in [-0.3, -0.25) is 14.4 Å². The molecule has 0 saturated carbocycles. The Morgan fingerprint density at radius 2 is 1.60 bits per heavy atom. The van der Waals surface area contributed by atoms with Gasteiger partial charge in [0.1, 0.15) is 0 Å². The average Bonchev–Trinajstić information content (AvgIpc) is 3.05. The maximum atomic E-state index is 13.0. The molecule has 1 aliphatic rings. The maximum Gasteiger partial charge on any atom is 0.307 e. The minimum atomic E-state index is -0.667. The lowest BCUT2D eigenvalue weighted by Gasteiger charge is -2.19. The first-order valence-electron chi connectivity index (χ1n) is 9.40. The van der Waals surface area contributed by atoms with E-state index >= 15 is 0 Å². The van der Waals surface area contributed by atoms with Crippen molar-refractivity contribution in [3.05, 3.63) is 94.0 Å². The number of fused-ring (bicyclic) bond motifs is 3. The summed E-state index contributed by atoms with van der Waals surface area (Å²) in [5.74, 6) is -0.984. The van der Waals surface area contributed by atoms with Crippen molar-refractivity contribution in [1.82, 2.24) is 5.32 Å². The van der Waals surface area contributed by atoms with Crippen molar-refractivity contribution in [3.8, 4) is 11.1 Å². The topological polar surface area (TPSA) is 72.5 Å². The van der Waals surface area contributed by atoms with Crippen molar-refractivity contribution in [1.29, 1.82) is 0 Å². The monoisotopic (exact) mass is 419 g/mol.